The van der Waals surface area contributed by atoms with E-state index in [0.29, 0.717) is 5.03 Å². The summed E-state index contributed by atoms with van der Waals surface area (Å²) in [5.74, 6) is 0.243. The Labute approximate surface area is 135 Å². The molecule has 0 aromatic heterocycles. The summed E-state index contributed by atoms with van der Waals surface area (Å²) < 4.78 is 0. The highest BCUT2D eigenvalue weighted by Crippen LogP contribution is 2.35. The van der Waals surface area contributed by atoms with E-state index in [1.54, 1.807) is 12.1 Å². The molecule has 0 aliphatic heterocycles. The Kier molecular flexibility index (Phi) is 4.27. The zero-order chi connectivity index (χ0) is 15.4. The van der Waals surface area contributed by atoms with E-state index in [1.807, 2.05) is 72.8 Å². The lowest BCUT2D eigenvalue weighted by Gasteiger charge is -2.12. The molecule has 0 bridgehead atoms. The topological polar surface area (TPSA) is 20.2 Å². The molecule has 22 heavy (non-hydrogen) atoms. The summed E-state index contributed by atoms with van der Waals surface area (Å²) in [6.45, 7) is 0. The number of rotatable bonds is 3. The Bertz CT molecular complexity index is 775. The SMILES string of the molecule is Oc1ccc(/C(=C(/Cl)c2ccccc2)c2ccccc2)cc1. The van der Waals surface area contributed by atoms with E-state index in [2.05, 4.69) is 0 Å². The van der Waals surface area contributed by atoms with Crippen molar-refractivity contribution in [2.45, 2.75) is 0 Å². The fraction of sp³-hybridized carbons (Fsp3) is 0. The van der Waals surface area contributed by atoms with Crippen molar-refractivity contribution >= 4 is 22.2 Å². The third kappa shape index (κ3) is 3.05. The van der Waals surface area contributed by atoms with Crippen LogP contribution in [0.4, 0.5) is 0 Å². The first kappa shape index (κ1) is 14.4. The Morgan fingerprint density at radius 3 is 1.59 bits per heavy atom. The summed E-state index contributed by atoms with van der Waals surface area (Å²) in [5.41, 5.74) is 3.93. The van der Waals surface area contributed by atoms with Crippen LogP contribution < -0.4 is 0 Å². The maximum atomic E-state index is 9.52. The van der Waals surface area contributed by atoms with Crippen molar-refractivity contribution in [2.24, 2.45) is 0 Å². The summed E-state index contributed by atoms with van der Waals surface area (Å²) in [7, 11) is 0. The van der Waals surface area contributed by atoms with Gasteiger partial charge in [0, 0.05) is 5.57 Å². The van der Waals surface area contributed by atoms with Gasteiger partial charge in [-0.15, -0.1) is 0 Å². The molecule has 0 amide bonds. The van der Waals surface area contributed by atoms with Gasteiger partial charge >= 0.3 is 0 Å². The fourth-order valence-electron chi connectivity index (χ4n) is 2.38. The van der Waals surface area contributed by atoms with Gasteiger partial charge < -0.3 is 5.11 Å². The standard InChI is InChI=1S/C20H15ClO/c21-20(17-9-5-2-6-10-17)19(15-7-3-1-4-8-15)16-11-13-18(22)14-12-16/h1-14,22H/b20-19+. The molecule has 108 valence electrons. The first-order valence-corrected chi connectivity index (χ1v) is 7.43. The molecule has 0 aliphatic rings. The van der Waals surface area contributed by atoms with E-state index in [9.17, 15) is 5.11 Å². The summed E-state index contributed by atoms with van der Waals surface area (Å²) in [6, 6.07) is 27.0. The van der Waals surface area contributed by atoms with Gasteiger partial charge in [-0.1, -0.05) is 84.4 Å². The van der Waals surface area contributed by atoms with E-state index in [4.69, 9.17) is 11.6 Å². The van der Waals surface area contributed by atoms with Crippen LogP contribution in [-0.4, -0.2) is 5.11 Å². The van der Waals surface area contributed by atoms with Crippen molar-refractivity contribution in [3.63, 3.8) is 0 Å². The average Bonchev–Trinajstić information content (AvgIpc) is 2.58. The number of hydrogen-bond acceptors (Lipinski definition) is 1. The smallest absolute Gasteiger partial charge is 0.115 e. The normalized spacial score (nSPS) is 11.9. The van der Waals surface area contributed by atoms with Gasteiger partial charge in [0.1, 0.15) is 5.75 Å². The molecule has 3 rings (SSSR count). The number of benzene rings is 3. The predicted molar refractivity (Wildman–Crippen MR) is 92.8 cm³/mol. The van der Waals surface area contributed by atoms with Crippen LogP contribution >= 0.6 is 11.6 Å². The third-order valence-electron chi connectivity index (χ3n) is 3.47. The quantitative estimate of drug-likeness (QED) is 0.629. The van der Waals surface area contributed by atoms with Gasteiger partial charge in [0.2, 0.25) is 0 Å². The van der Waals surface area contributed by atoms with Gasteiger partial charge in [-0.3, -0.25) is 0 Å². The summed E-state index contributed by atoms with van der Waals surface area (Å²) in [6.07, 6.45) is 0. The van der Waals surface area contributed by atoms with Gasteiger partial charge in [-0.05, 0) is 28.8 Å². The zero-order valence-electron chi connectivity index (χ0n) is 11.9. The van der Waals surface area contributed by atoms with Crippen LogP contribution in [0.25, 0.3) is 10.6 Å². The average molecular weight is 307 g/mol. The predicted octanol–water partition coefficient (Wildman–Crippen LogP) is 5.55. The molecule has 1 N–H and O–H groups in total. The lowest BCUT2D eigenvalue weighted by atomic mass is 9.95. The second-order valence-corrected chi connectivity index (χ2v) is 5.35. The molecule has 1 nitrogen and oxygen atoms in total. The minimum atomic E-state index is 0.243. The third-order valence-corrected chi connectivity index (χ3v) is 3.87. The van der Waals surface area contributed by atoms with Crippen LogP contribution in [0.2, 0.25) is 0 Å². The molecule has 0 aliphatic carbocycles. The van der Waals surface area contributed by atoms with Gasteiger partial charge in [0.15, 0.2) is 0 Å². The van der Waals surface area contributed by atoms with Crippen LogP contribution in [0.15, 0.2) is 84.9 Å². The summed E-state index contributed by atoms with van der Waals surface area (Å²) >= 11 is 6.70. The van der Waals surface area contributed by atoms with Crippen LogP contribution in [-0.2, 0) is 0 Å². The molecule has 0 atom stereocenters. The Hall–Kier alpha value is -2.51. The molecule has 0 unspecified atom stereocenters. The summed E-state index contributed by atoms with van der Waals surface area (Å²) in [5, 5.41) is 10.2. The lowest BCUT2D eigenvalue weighted by molar-refractivity contribution is 0.475. The molecule has 0 saturated heterocycles. The van der Waals surface area contributed by atoms with E-state index in [-0.39, 0.29) is 5.75 Å². The van der Waals surface area contributed by atoms with Gasteiger partial charge in [0.25, 0.3) is 0 Å². The highest BCUT2D eigenvalue weighted by molar-refractivity contribution is 6.53. The Balaban J connectivity index is 2.21. The van der Waals surface area contributed by atoms with Gasteiger partial charge in [-0.25, -0.2) is 0 Å². The molecular weight excluding hydrogens is 292 g/mol. The monoisotopic (exact) mass is 306 g/mol. The molecule has 0 spiro atoms. The Morgan fingerprint density at radius 2 is 1.05 bits per heavy atom. The minimum Gasteiger partial charge on any atom is -0.508 e. The van der Waals surface area contributed by atoms with Crippen molar-refractivity contribution < 1.29 is 5.11 Å². The molecule has 0 fully saturated rings. The van der Waals surface area contributed by atoms with Crippen molar-refractivity contribution in [1.29, 1.82) is 0 Å². The Morgan fingerprint density at radius 1 is 0.591 bits per heavy atom. The number of halogens is 1. The fourth-order valence-corrected chi connectivity index (χ4v) is 2.73. The van der Waals surface area contributed by atoms with Gasteiger partial charge in [0.05, 0.1) is 5.03 Å². The van der Waals surface area contributed by atoms with Gasteiger partial charge in [-0.2, -0.15) is 0 Å². The maximum absolute atomic E-state index is 9.52. The largest absolute Gasteiger partial charge is 0.508 e. The highest BCUT2D eigenvalue weighted by atomic mass is 35.5. The van der Waals surface area contributed by atoms with E-state index < -0.39 is 0 Å². The molecule has 3 aromatic rings. The molecule has 0 heterocycles. The van der Waals surface area contributed by atoms with Crippen molar-refractivity contribution in [2.75, 3.05) is 0 Å². The van der Waals surface area contributed by atoms with E-state index in [0.717, 1.165) is 22.3 Å². The zero-order valence-corrected chi connectivity index (χ0v) is 12.7. The first-order valence-electron chi connectivity index (χ1n) is 7.06. The second-order valence-electron chi connectivity index (χ2n) is 4.97. The second kappa shape index (κ2) is 6.50. The molecule has 0 radical (unpaired) electrons. The molecular formula is C20H15ClO. The van der Waals surface area contributed by atoms with E-state index in [1.165, 1.54) is 0 Å². The highest BCUT2D eigenvalue weighted by Gasteiger charge is 2.12. The van der Waals surface area contributed by atoms with E-state index >= 15 is 0 Å². The van der Waals surface area contributed by atoms with Crippen LogP contribution in [0.5, 0.6) is 5.75 Å². The van der Waals surface area contributed by atoms with Crippen LogP contribution in [0.1, 0.15) is 16.7 Å². The van der Waals surface area contributed by atoms with Crippen molar-refractivity contribution in [3.05, 3.63) is 102 Å². The molecule has 0 saturated carbocycles. The number of hydrogen-bond donors (Lipinski definition) is 1. The lowest BCUT2D eigenvalue weighted by Crippen LogP contribution is -1.91. The maximum Gasteiger partial charge on any atom is 0.115 e. The first-order chi connectivity index (χ1) is 10.8. The van der Waals surface area contributed by atoms with Crippen LogP contribution in [0.3, 0.4) is 0 Å². The number of aromatic hydroxyl groups is 1. The van der Waals surface area contributed by atoms with Crippen molar-refractivity contribution in [1.82, 2.24) is 0 Å². The van der Waals surface area contributed by atoms with Crippen molar-refractivity contribution in [3.8, 4) is 5.75 Å². The van der Waals surface area contributed by atoms with Crippen LogP contribution in [0, 0.1) is 0 Å². The minimum absolute atomic E-state index is 0.243. The molecule has 3 aromatic carbocycles. The summed E-state index contributed by atoms with van der Waals surface area (Å²) in [4.78, 5) is 0. The number of phenolic OH excluding ortho intramolecular Hbond substituents is 1. The number of phenols is 1. The molecule has 2 heteroatoms.